The van der Waals surface area contributed by atoms with E-state index >= 15 is 0 Å². The van der Waals surface area contributed by atoms with Crippen LogP contribution in [-0.4, -0.2) is 37.0 Å². The standard InChI is InChI=1S/C21H22N2O5/c1-21(2)20(26)22-16-6-4-5-7-17(16)23(21)18(24)13-28-19(25)12-14-8-10-15(27-3)11-9-14/h4-11H,12-13H2,1-3H3,(H,22,26). The molecule has 2 aromatic carbocycles. The lowest BCUT2D eigenvalue weighted by Crippen LogP contribution is -2.59. The number of carbonyl (C=O) groups excluding carboxylic acids is 3. The van der Waals surface area contributed by atoms with Crippen molar-refractivity contribution in [2.45, 2.75) is 25.8 Å². The van der Waals surface area contributed by atoms with Gasteiger partial charge in [-0.1, -0.05) is 24.3 Å². The van der Waals surface area contributed by atoms with Crippen LogP contribution in [0.4, 0.5) is 11.4 Å². The molecule has 28 heavy (non-hydrogen) atoms. The zero-order valence-electron chi connectivity index (χ0n) is 16.0. The van der Waals surface area contributed by atoms with Gasteiger partial charge in [-0.2, -0.15) is 0 Å². The maximum Gasteiger partial charge on any atom is 0.310 e. The van der Waals surface area contributed by atoms with E-state index < -0.39 is 24.0 Å². The number of methoxy groups -OCH3 is 1. The third-order valence-electron chi connectivity index (χ3n) is 4.62. The number of nitrogens with zero attached hydrogens (tertiary/aromatic N) is 1. The number of benzene rings is 2. The molecule has 2 aromatic rings. The highest BCUT2D eigenvalue weighted by Crippen LogP contribution is 2.36. The molecular weight excluding hydrogens is 360 g/mol. The van der Waals surface area contributed by atoms with Gasteiger partial charge in [-0.25, -0.2) is 0 Å². The molecule has 7 nitrogen and oxygen atoms in total. The molecule has 0 atom stereocenters. The SMILES string of the molecule is COc1ccc(CC(=O)OCC(=O)N2c3ccccc3NC(=O)C2(C)C)cc1. The average molecular weight is 382 g/mol. The van der Waals surface area contributed by atoms with Gasteiger partial charge in [-0.15, -0.1) is 0 Å². The summed E-state index contributed by atoms with van der Waals surface area (Å²) in [6.07, 6.45) is 0.0394. The Morgan fingerprint density at radius 1 is 1.07 bits per heavy atom. The lowest BCUT2D eigenvalue weighted by molar-refractivity contribution is -0.147. The Morgan fingerprint density at radius 3 is 2.43 bits per heavy atom. The molecule has 0 saturated carbocycles. The van der Waals surface area contributed by atoms with Crippen LogP contribution in [0.1, 0.15) is 19.4 Å². The second-order valence-corrected chi connectivity index (χ2v) is 6.94. The molecule has 0 fully saturated rings. The highest BCUT2D eigenvalue weighted by Gasteiger charge is 2.43. The van der Waals surface area contributed by atoms with Gasteiger partial charge in [0.2, 0.25) is 5.91 Å². The molecule has 1 aliphatic heterocycles. The van der Waals surface area contributed by atoms with Crippen LogP contribution in [0.15, 0.2) is 48.5 Å². The molecule has 0 radical (unpaired) electrons. The summed E-state index contributed by atoms with van der Waals surface area (Å²) in [4.78, 5) is 38.7. The number of hydrogen-bond donors (Lipinski definition) is 1. The van der Waals surface area contributed by atoms with E-state index in [2.05, 4.69) is 5.32 Å². The quantitative estimate of drug-likeness (QED) is 0.804. The number of hydrogen-bond acceptors (Lipinski definition) is 5. The van der Waals surface area contributed by atoms with Crippen molar-refractivity contribution in [2.24, 2.45) is 0 Å². The van der Waals surface area contributed by atoms with Crippen molar-refractivity contribution in [1.82, 2.24) is 0 Å². The van der Waals surface area contributed by atoms with Crippen molar-refractivity contribution in [3.63, 3.8) is 0 Å². The number of amides is 2. The first-order valence-electron chi connectivity index (χ1n) is 8.85. The Balaban J connectivity index is 1.68. The van der Waals surface area contributed by atoms with E-state index in [1.54, 1.807) is 69.5 Å². The molecule has 1 N–H and O–H groups in total. The van der Waals surface area contributed by atoms with Gasteiger partial charge in [0, 0.05) is 0 Å². The molecule has 0 saturated heterocycles. The lowest BCUT2D eigenvalue weighted by Gasteiger charge is -2.41. The van der Waals surface area contributed by atoms with E-state index in [1.807, 2.05) is 0 Å². The largest absolute Gasteiger partial charge is 0.497 e. The predicted octanol–water partition coefficient (Wildman–Crippen LogP) is 2.54. The first-order valence-corrected chi connectivity index (χ1v) is 8.85. The van der Waals surface area contributed by atoms with E-state index in [1.165, 1.54) is 4.90 Å². The van der Waals surface area contributed by atoms with Gasteiger partial charge in [0.25, 0.3) is 5.91 Å². The van der Waals surface area contributed by atoms with Crippen molar-refractivity contribution < 1.29 is 23.9 Å². The molecule has 0 aliphatic carbocycles. The highest BCUT2D eigenvalue weighted by molar-refractivity contribution is 6.14. The van der Waals surface area contributed by atoms with Crippen molar-refractivity contribution in [2.75, 3.05) is 23.9 Å². The van der Waals surface area contributed by atoms with Crippen LogP contribution in [0.5, 0.6) is 5.75 Å². The average Bonchev–Trinajstić information content (AvgIpc) is 2.67. The number of carbonyl (C=O) groups is 3. The number of para-hydroxylation sites is 2. The Hall–Kier alpha value is -3.35. The second-order valence-electron chi connectivity index (χ2n) is 6.94. The van der Waals surface area contributed by atoms with Gasteiger partial charge in [0.15, 0.2) is 6.61 Å². The molecule has 7 heteroatoms. The highest BCUT2D eigenvalue weighted by atomic mass is 16.5. The number of ether oxygens (including phenoxy) is 2. The zero-order valence-corrected chi connectivity index (χ0v) is 16.0. The van der Waals surface area contributed by atoms with Crippen molar-refractivity contribution in [1.29, 1.82) is 0 Å². The zero-order chi connectivity index (χ0) is 20.3. The molecule has 3 rings (SSSR count). The smallest absolute Gasteiger partial charge is 0.310 e. The molecular formula is C21H22N2O5. The van der Waals surface area contributed by atoms with Crippen LogP contribution < -0.4 is 15.0 Å². The molecule has 2 amide bonds. The number of nitrogens with one attached hydrogen (secondary N) is 1. The summed E-state index contributed by atoms with van der Waals surface area (Å²) >= 11 is 0. The van der Waals surface area contributed by atoms with E-state index in [0.29, 0.717) is 17.1 Å². The van der Waals surface area contributed by atoms with Crippen molar-refractivity contribution >= 4 is 29.2 Å². The van der Waals surface area contributed by atoms with E-state index in [-0.39, 0.29) is 12.3 Å². The van der Waals surface area contributed by atoms with E-state index in [9.17, 15) is 14.4 Å². The van der Waals surface area contributed by atoms with Gasteiger partial charge in [-0.05, 0) is 43.7 Å². The van der Waals surface area contributed by atoms with Crippen LogP contribution >= 0.6 is 0 Å². The number of anilines is 2. The summed E-state index contributed by atoms with van der Waals surface area (Å²) in [7, 11) is 1.56. The maximum atomic E-state index is 12.8. The van der Waals surface area contributed by atoms with Crippen LogP contribution in [0.2, 0.25) is 0 Å². The summed E-state index contributed by atoms with van der Waals surface area (Å²) in [5, 5.41) is 2.79. The summed E-state index contributed by atoms with van der Waals surface area (Å²) in [5.41, 5.74) is 0.766. The van der Waals surface area contributed by atoms with Crippen LogP contribution in [0.3, 0.4) is 0 Å². The number of fused-ring (bicyclic) bond motifs is 1. The summed E-state index contributed by atoms with van der Waals surface area (Å²) in [6, 6.07) is 14.0. The van der Waals surface area contributed by atoms with Crippen LogP contribution in [-0.2, 0) is 25.5 Å². The minimum absolute atomic E-state index is 0.0394. The predicted molar refractivity (Wildman–Crippen MR) is 104 cm³/mol. The van der Waals surface area contributed by atoms with E-state index in [0.717, 1.165) is 5.56 Å². The minimum atomic E-state index is -1.10. The molecule has 1 heterocycles. The van der Waals surface area contributed by atoms with Gasteiger partial charge in [-0.3, -0.25) is 19.3 Å². The Labute approximate surface area is 163 Å². The molecule has 0 unspecified atom stereocenters. The lowest BCUT2D eigenvalue weighted by atomic mass is 9.96. The fourth-order valence-electron chi connectivity index (χ4n) is 3.07. The Morgan fingerprint density at radius 2 is 1.75 bits per heavy atom. The monoisotopic (exact) mass is 382 g/mol. The summed E-state index contributed by atoms with van der Waals surface area (Å²) in [5.74, 6) is -0.595. The first kappa shape index (κ1) is 19.4. The first-order chi connectivity index (χ1) is 13.3. The normalized spacial score (nSPS) is 14.7. The Kier molecular flexibility index (Phi) is 5.35. The minimum Gasteiger partial charge on any atom is -0.497 e. The van der Waals surface area contributed by atoms with Crippen LogP contribution in [0.25, 0.3) is 0 Å². The Bertz CT molecular complexity index is 905. The van der Waals surface area contributed by atoms with Gasteiger partial charge in [0.1, 0.15) is 11.3 Å². The molecule has 146 valence electrons. The summed E-state index contributed by atoms with van der Waals surface area (Å²) < 4.78 is 10.2. The van der Waals surface area contributed by atoms with Crippen molar-refractivity contribution in [3.8, 4) is 5.75 Å². The number of esters is 1. The van der Waals surface area contributed by atoms with Crippen LogP contribution in [0, 0.1) is 0 Å². The molecule has 1 aliphatic rings. The van der Waals surface area contributed by atoms with Gasteiger partial charge in [0.05, 0.1) is 24.9 Å². The molecule has 0 bridgehead atoms. The molecule has 0 aromatic heterocycles. The number of rotatable bonds is 5. The van der Waals surface area contributed by atoms with Gasteiger partial charge >= 0.3 is 5.97 Å². The molecule has 0 spiro atoms. The van der Waals surface area contributed by atoms with E-state index in [4.69, 9.17) is 9.47 Å². The maximum absolute atomic E-state index is 12.8. The van der Waals surface area contributed by atoms with Gasteiger partial charge < -0.3 is 14.8 Å². The van der Waals surface area contributed by atoms with Crippen molar-refractivity contribution in [3.05, 3.63) is 54.1 Å². The second kappa shape index (κ2) is 7.72. The summed E-state index contributed by atoms with van der Waals surface area (Å²) in [6.45, 7) is 2.85. The fraction of sp³-hybridized carbons (Fsp3) is 0.286. The fourth-order valence-corrected chi connectivity index (χ4v) is 3.07. The third kappa shape index (κ3) is 3.83. The third-order valence-corrected chi connectivity index (χ3v) is 4.62. The topological polar surface area (TPSA) is 84.9 Å².